The fourth-order valence-electron chi connectivity index (χ4n) is 2.02. The van der Waals surface area contributed by atoms with Crippen LogP contribution in [0.25, 0.3) is 0 Å². The molecule has 2 aromatic rings. The summed E-state index contributed by atoms with van der Waals surface area (Å²) in [6.07, 6.45) is 1.77. The topological polar surface area (TPSA) is 63.6 Å². The van der Waals surface area contributed by atoms with E-state index >= 15 is 0 Å². The Labute approximate surface area is 124 Å². The Morgan fingerprint density at radius 1 is 1.19 bits per heavy atom. The molecule has 0 aliphatic rings. The zero-order valence-electron chi connectivity index (χ0n) is 12.5. The van der Waals surface area contributed by atoms with Gasteiger partial charge in [0.2, 0.25) is 5.88 Å². The van der Waals surface area contributed by atoms with Crippen LogP contribution in [0.5, 0.6) is 17.4 Å². The SMILES string of the molecule is COc1ccc(O)c(C(C)NCc2ccc(OC)nc2)c1. The fraction of sp³-hybridized carbons (Fsp3) is 0.312. The van der Waals surface area contributed by atoms with Gasteiger partial charge in [0, 0.05) is 30.4 Å². The molecule has 0 aliphatic heterocycles. The highest BCUT2D eigenvalue weighted by atomic mass is 16.5. The van der Waals surface area contributed by atoms with E-state index in [9.17, 15) is 5.11 Å². The van der Waals surface area contributed by atoms with E-state index in [2.05, 4.69) is 10.3 Å². The van der Waals surface area contributed by atoms with Crippen molar-refractivity contribution in [3.05, 3.63) is 47.7 Å². The molecule has 2 rings (SSSR count). The second-order valence-corrected chi connectivity index (χ2v) is 4.74. The minimum atomic E-state index is -0.0119. The predicted octanol–water partition coefficient (Wildman–Crippen LogP) is 2.66. The first-order valence-electron chi connectivity index (χ1n) is 6.73. The average molecular weight is 288 g/mol. The molecular formula is C16H20N2O3. The van der Waals surface area contributed by atoms with E-state index in [0.717, 1.165) is 16.9 Å². The maximum atomic E-state index is 9.94. The Hall–Kier alpha value is -2.27. The molecule has 0 fully saturated rings. The third-order valence-electron chi connectivity index (χ3n) is 3.32. The summed E-state index contributed by atoms with van der Waals surface area (Å²) in [4.78, 5) is 4.16. The van der Waals surface area contributed by atoms with Crippen LogP contribution in [0.15, 0.2) is 36.5 Å². The van der Waals surface area contributed by atoms with E-state index < -0.39 is 0 Å². The maximum Gasteiger partial charge on any atom is 0.212 e. The molecular weight excluding hydrogens is 268 g/mol. The molecule has 5 heteroatoms. The van der Waals surface area contributed by atoms with Crippen molar-refractivity contribution in [1.82, 2.24) is 10.3 Å². The number of phenolic OH excluding ortho intramolecular Hbond substituents is 1. The molecule has 2 N–H and O–H groups in total. The molecule has 0 spiro atoms. The quantitative estimate of drug-likeness (QED) is 0.855. The van der Waals surface area contributed by atoms with E-state index in [0.29, 0.717) is 12.4 Å². The number of nitrogens with zero attached hydrogens (tertiary/aromatic N) is 1. The van der Waals surface area contributed by atoms with Gasteiger partial charge in [0.15, 0.2) is 0 Å². The molecule has 0 saturated heterocycles. The number of hydrogen-bond donors (Lipinski definition) is 2. The zero-order valence-corrected chi connectivity index (χ0v) is 12.5. The van der Waals surface area contributed by atoms with E-state index in [1.54, 1.807) is 32.5 Å². The van der Waals surface area contributed by atoms with Crippen molar-refractivity contribution in [3.63, 3.8) is 0 Å². The van der Waals surface area contributed by atoms with Gasteiger partial charge < -0.3 is 19.9 Å². The molecule has 0 bridgehead atoms. The van der Waals surface area contributed by atoms with Gasteiger partial charge >= 0.3 is 0 Å². The molecule has 1 aromatic carbocycles. The number of aromatic nitrogens is 1. The van der Waals surface area contributed by atoms with Crippen LogP contribution in [0.3, 0.4) is 0 Å². The highest BCUT2D eigenvalue weighted by molar-refractivity contribution is 5.41. The second-order valence-electron chi connectivity index (χ2n) is 4.74. The third-order valence-corrected chi connectivity index (χ3v) is 3.32. The summed E-state index contributed by atoms with van der Waals surface area (Å²) in [7, 11) is 3.20. The normalized spacial score (nSPS) is 12.0. The summed E-state index contributed by atoms with van der Waals surface area (Å²) in [5.74, 6) is 1.57. The maximum absolute atomic E-state index is 9.94. The van der Waals surface area contributed by atoms with Gasteiger partial charge in [-0.1, -0.05) is 6.07 Å². The number of phenols is 1. The van der Waals surface area contributed by atoms with Gasteiger partial charge in [-0.3, -0.25) is 0 Å². The van der Waals surface area contributed by atoms with Crippen LogP contribution in [0.1, 0.15) is 24.1 Å². The molecule has 1 aromatic heterocycles. The largest absolute Gasteiger partial charge is 0.508 e. The Kier molecular flexibility index (Phi) is 5.00. The molecule has 0 radical (unpaired) electrons. The van der Waals surface area contributed by atoms with Gasteiger partial charge in [-0.25, -0.2) is 4.98 Å². The number of aromatic hydroxyl groups is 1. The highest BCUT2D eigenvalue weighted by Crippen LogP contribution is 2.28. The summed E-state index contributed by atoms with van der Waals surface area (Å²) in [6.45, 7) is 2.64. The molecule has 1 unspecified atom stereocenters. The lowest BCUT2D eigenvalue weighted by atomic mass is 10.1. The average Bonchev–Trinajstić information content (AvgIpc) is 2.53. The minimum Gasteiger partial charge on any atom is -0.508 e. The molecule has 0 saturated carbocycles. The lowest BCUT2D eigenvalue weighted by Crippen LogP contribution is -2.18. The summed E-state index contributed by atoms with van der Waals surface area (Å²) in [5.41, 5.74) is 1.85. The van der Waals surface area contributed by atoms with E-state index in [1.165, 1.54) is 0 Å². The Balaban J connectivity index is 2.02. The summed E-state index contributed by atoms with van der Waals surface area (Å²) >= 11 is 0. The zero-order chi connectivity index (χ0) is 15.2. The number of benzene rings is 1. The van der Waals surface area contributed by atoms with E-state index in [-0.39, 0.29) is 11.8 Å². The van der Waals surface area contributed by atoms with Gasteiger partial charge in [0.05, 0.1) is 14.2 Å². The van der Waals surface area contributed by atoms with Crippen molar-refractivity contribution in [2.24, 2.45) is 0 Å². The van der Waals surface area contributed by atoms with Gasteiger partial charge in [0.25, 0.3) is 0 Å². The molecule has 21 heavy (non-hydrogen) atoms. The third kappa shape index (κ3) is 3.86. The van der Waals surface area contributed by atoms with Crippen LogP contribution in [0, 0.1) is 0 Å². The van der Waals surface area contributed by atoms with Crippen molar-refractivity contribution in [3.8, 4) is 17.4 Å². The predicted molar refractivity (Wildman–Crippen MR) is 80.7 cm³/mol. The summed E-state index contributed by atoms with van der Waals surface area (Å²) in [5, 5.41) is 13.3. The molecule has 1 atom stereocenters. The molecule has 112 valence electrons. The van der Waals surface area contributed by atoms with Crippen LogP contribution in [0.2, 0.25) is 0 Å². The Bertz CT molecular complexity index is 585. The molecule has 0 amide bonds. The molecule has 0 aliphatic carbocycles. The van der Waals surface area contributed by atoms with Crippen molar-refractivity contribution in [2.45, 2.75) is 19.5 Å². The van der Waals surface area contributed by atoms with Crippen molar-refractivity contribution in [2.75, 3.05) is 14.2 Å². The van der Waals surface area contributed by atoms with Gasteiger partial charge in [-0.05, 0) is 30.7 Å². The standard InChI is InChI=1S/C16H20N2O3/c1-11(14-8-13(20-2)5-6-15(14)19)17-9-12-4-7-16(21-3)18-10-12/h4-8,10-11,17,19H,9H2,1-3H3. The Morgan fingerprint density at radius 2 is 2.00 bits per heavy atom. The molecule has 5 nitrogen and oxygen atoms in total. The van der Waals surface area contributed by atoms with Gasteiger partial charge in [-0.15, -0.1) is 0 Å². The highest BCUT2D eigenvalue weighted by Gasteiger charge is 2.11. The van der Waals surface area contributed by atoms with Crippen LogP contribution >= 0.6 is 0 Å². The van der Waals surface area contributed by atoms with Crippen molar-refractivity contribution < 1.29 is 14.6 Å². The number of rotatable bonds is 6. The van der Waals surface area contributed by atoms with Crippen LogP contribution in [0.4, 0.5) is 0 Å². The van der Waals surface area contributed by atoms with Crippen LogP contribution in [-0.4, -0.2) is 24.3 Å². The summed E-state index contributed by atoms with van der Waals surface area (Å²) in [6, 6.07) is 8.98. The lowest BCUT2D eigenvalue weighted by Gasteiger charge is -2.16. The van der Waals surface area contributed by atoms with Gasteiger partial charge in [0.1, 0.15) is 11.5 Å². The number of methoxy groups -OCH3 is 2. The Morgan fingerprint density at radius 3 is 2.62 bits per heavy atom. The number of pyridine rings is 1. The molecule has 1 heterocycles. The first kappa shape index (κ1) is 15.1. The van der Waals surface area contributed by atoms with E-state index in [1.807, 2.05) is 25.1 Å². The first-order chi connectivity index (χ1) is 10.1. The number of nitrogens with one attached hydrogen (secondary N) is 1. The number of ether oxygens (including phenoxy) is 2. The van der Waals surface area contributed by atoms with Crippen LogP contribution < -0.4 is 14.8 Å². The van der Waals surface area contributed by atoms with Crippen LogP contribution in [-0.2, 0) is 6.54 Å². The second kappa shape index (κ2) is 6.95. The fourth-order valence-corrected chi connectivity index (χ4v) is 2.02. The van der Waals surface area contributed by atoms with Gasteiger partial charge in [-0.2, -0.15) is 0 Å². The van der Waals surface area contributed by atoms with E-state index in [4.69, 9.17) is 9.47 Å². The van der Waals surface area contributed by atoms with Crippen molar-refractivity contribution >= 4 is 0 Å². The summed E-state index contributed by atoms with van der Waals surface area (Å²) < 4.78 is 10.2. The first-order valence-corrected chi connectivity index (χ1v) is 6.73. The smallest absolute Gasteiger partial charge is 0.212 e. The monoisotopic (exact) mass is 288 g/mol. The lowest BCUT2D eigenvalue weighted by molar-refractivity contribution is 0.397. The number of hydrogen-bond acceptors (Lipinski definition) is 5. The van der Waals surface area contributed by atoms with Crippen molar-refractivity contribution in [1.29, 1.82) is 0 Å². The minimum absolute atomic E-state index is 0.0119.